The Hall–Kier alpha value is -1.75. The standard InChI is InChI=1S/C15H20ClNO4/c1-4-15(5-2,14(19)20)17-13(18)8-10-6-7-11(16)9-12(10)21-3/h6-7,9H,4-5,8H2,1-3H3,(H,17,18)(H,19,20). The van der Waals surface area contributed by atoms with E-state index in [1.165, 1.54) is 7.11 Å². The summed E-state index contributed by atoms with van der Waals surface area (Å²) in [4.78, 5) is 23.5. The molecule has 0 aromatic heterocycles. The Morgan fingerprint density at radius 3 is 2.43 bits per heavy atom. The maximum atomic E-state index is 12.1. The first-order chi connectivity index (χ1) is 9.88. The van der Waals surface area contributed by atoms with E-state index in [0.717, 1.165) is 0 Å². The van der Waals surface area contributed by atoms with Gasteiger partial charge < -0.3 is 15.2 Å². The molecule has 0 radical (unpaired) electrons. The second-order valence-corrected chi connectivity index (χ2v) is 5.21. The van der Waals surface area contributed by atoms with E-state index in [9.17, 15) is 14.7 Å². The predicted molar refractivity (Wildman–Crippen MR) is 80.8 cm³/mol. The minimum atomic E-state index is -1.23. The van der Waals surface area contributed by atoms with E-state index in [1.807, 2.05) is 0 Å². The molecule has 6 heteroatoms. The van der Waals surface area contributed by atoms with Gasteiger partial charge in [-0.05, 0) is 25.0 Å². The number of carboxylic acids is 1. The summed E-state index contributed by atoms with van der Waals surface area (Å²) >= 11 is 5.87. The number of carbonyl (C=O) groups excluding carboxylic acids is 1. The summed E-state index contributed by atoms with van der Waals surface area (Å²) in [7, 11) is 1.49. The van der Waals surface area contributed by atoms with Crippen molar-refractivity contribution in [2.45, 2.75) is 38.6 Å². The summed E-state index contributed by atoms with van der Waals surface area (Å²) in [5.74, 6) is -0.878. The lowest BCUT2D eigenvalue weighted by Crippen LogP contribution is -2.54. The van der Waals surface area contributed by atoms with Gasteiger partial charge in [-0.1, -0.05) is 31.5 Å². The van der Waals surface area contributed by atoms with E-state index in [1.54, 1.807) is 32.0 Å². The van der Waals surface area contributed by atoms with Gasteiger partial charge in [0.05, 0.1) is 13.5 Å². The average molecular weight is 314 g/mol. The van der Waals surface area contributed by atoms with Gasteiger partial charge >= 0.3 is 5.97 Å². The zero-order chi connectivity index (χ0) is 16.0. The zero-order valence-electron chi connectivity index (χ0n) is 12.4. The van der Waals surface area contributed by atoms with Crippen molar-refractivity contribution in [1.82, 2.24) is 5.32 Å². The second-order valence-electron chi connectivity index (χ2n) is 4.78. The molecule has 0 spiro atoms. The van der Waals surface area contributed by atoms with Crippen molar-refractivity contribution in [2.75, 3.05) is 7.11 Å². The number of rotatable bonds is 7. The number of carboxylic acid groups (broad SMARTS) is 1. The molecule has 0 aliphatic rings. The fourth-order valence-corrected chi connectivity index (χ4v) is 2.29. The summed E-state index contributed by atoms with van der Waals surface area (Å²) in [5.41, 5.74) is -0.567. The van der Waals surface area contributed by atoms with Crippen LogP contribution in [0.15, 0.2) is 18.2 Å². The quantitative estimate of drug-likeness (QED) is 0.811. The Labute approximate surface area is 129 Å². The summed E-state index contributed by atoms with van der Waals surface area (Å²) in [6.45, 7) is 3.47. The summed E-state index contributed by atoms with van der Waals surface area (Å²) < 4.78 is 5.18. The number of hydrogen-bond acceptors (Lipinski definition) is 3. The number of nitrogens with one attached hydrogen (secondary N) is 1. The molecule has 0 heterocycles. The highest BCUT2D eigenvalue weighted by Gasteiger charge is 2.36. The summed E-state index contributed by atoms with van der Waals surface area (Å²) in [6, 6.07) is 4.98. The smallest absolute Gasteiger partial charge is 0.329 e. The highest BCUT2D eigenvalue weighted by molar-refractivity contribution is 6.30. The molecule has 2 N–H and O–H groups in total. The number of amides is 1. The first-order valence-corrected chi connectivity index (χ1v) is 7.13. The molecule has 1 amide bonds. The Bertz CT molecular complexity index is 526. The van der Waals surface area contributed by atoms with Crippen LogP contribution in [0.25, 0.3) is 0 Å². The molecular weight excluding hydrogens is 294 g/mol. The molecule has 1 aromatic carbocycles. The lowest BCUT2D eigenvalue weighted by Gasteiger charge is -2.28. The Morgan fingerprint density at radius 2 is 1.95 bits per heavy atom. The van der Waals surface area contributed by atoms with Crippen molar-refractivity contribution in [3.05, 3.63) is 28.8 Å². The molecule has 0 aliphatic carbocycles. The molecule has 0 fully saturated rings. The largest absolute Gasteiger partial charge is 0.496 e. The fourth-order valence-electron chi connectivity index (χ4n) is 2.13. The molecule has 0 saturated carbocycles. The SMILES string of the molecule is CCC(CC)(NC(=O)Cc1ccc(Cl)cc1OC)C(=O)O. The van der Waals surface area contributed by atoms with Crippen LogP contribution in [0, 0.1) is 0 Å². The second kappa shape index (κ2) is 7.31. The topological polar surface area (TPSA) is 75.6 Å². The van der Waals surface area contributed by atoms with E-state index >= 15 is 0 Å². The molecule has 0 aliphatic heterocycles. The van der Waals surface area contributed by atoms with E-state index in [2.05, 4.69) is 5.32 Å². The molecule has 1 rings (SSSR count). The Kier molecular flexibility index (Phi) is 6.03. The van der Waals surface area contributed by atoms with Crippen LogP contribution >= 0.6 is 11.6 Å². The molecule has 0 unspecified atom stereocenters. The highest BCUT2D eigenvalue weighted by Crippen LogP contribution is 2.24. The van der Waals surface area contributed by atoms with Gasteiger partial charge in [-0.15, -0.1) is 0 Å². The lowest BCUT2D eigenvalue weighted by molar-refractivity contribution is -0.148. The minimum Gasteiger partial charge on any atom is -0.496 e. The van der Waals surface area contributed by atoms with E-state index in [0.29, 0.717) is 29.2 Å². The van der Waals surface area contributed by atoms with E-state index in [4.69, 9.17) is 16.3 Å². The first kappa shape index (κ1) is 17.3. The normalized spacial score (nSPS) is 11.0. The molecule has 116 valence electrons. The van der Waals surface area contributed by atoms with Gasteiger partial charge in [-0.3, -0.25) is 4.79 Å². The highest BCUT2D eigenvalue weighted by atomic mass is 35.5. The maximum absolute atomic E-state index is 12.1. The number of carbonyl (C=O) groups is 2. The average Bonchev–Trinajstić information content (AvgIpc) is 2.46. The van der Waals surface area contributed by atoms with E-state index < -0.39 is 11.5 Å². The number of hydrogen-bond donors (Lipinski definition) is 2. The van der Waals surface area contributed by atoms with Crippen molar-refractivity contribution < 1.29 is 19.4 Å². The van der Waals surface area contributed by atoms with Crippen LogP contribution in [0.5, 0.6) is 5.75 Å². The van der Waals surface area contributed by atoms with Crippen molar-refractivity contribution in [3.63, 3.8) is 0 Å². The van der Waals surface area contributed by atoms with E-state index in [-0.39, 0.29) is 12.3 Å². The van der Waals surface area contributed by atoms with Crippen LogP contribution in [-0.4, -0.2) is 29.6 Å². The molecule has 0 saturated heterocycles. The molecule has 1 aromatic rings. The van der Waals surface area contributed by atoms with Gasteiger partial charge in [0.25, 0.3) is 0 Å². The monoisotopic (exact) mass is 313 g/mol. The number of benzene rings is 1. The Morgan fingerprint density at radius 1 is 1.33 bits per heavy atom. The Balaban J connectivity index is 2.89. The molecular formula is C15H20ClNO4. The van der Waals surface area contributed by atoms with Gasteiger partial charge in [0.2, 0.25) is 5.91 Å². The van der Waals surface area contributed by atoms with Crippen LogP contribution in [0.4, 0.5) is 0 Å². The van der Waals surface area contributed by atoms with Crippen molar-refractivity contribution in [2.24, 2.45) is 0 Å². The molecule has 21 heavy (non-hydrogen) atoms. The van der Waals surface area contributed by atoms with Crippen LogP contribution < -0.4 is 10.1 Å². The first-order valence-electron chi connectivity index (χ1n) is 6.75. The fraction of sp³-hybridized carbons (Fsp3) is 0.467. The minimum absolute atomic E-state index is 0.0371. The molecule has 5 nitrogen and oxygen atoms in total. The third-order valence-corrected chi connectivity index (χ3v) is 3.83. The third kappa shape index (κ3) is 4.11. The van der Waals surface area contributed by atoms with Gasteiger partial charge in [-0.25, -0.2) is 4.79 Å². The summed E-state index contributed by atoms with van der Waals surface area (Å²) in [6.07, 6.45) is 0.681. The summed E-state index contributed by atoms with van der Waals surface area (Å²) in [5, 5.41) is 12.4. The van der Waals surface area contributed by atoms with Gasteiger partial charge in [0.1, 0.15) is 11.3 Å². The number of methoxy groups -OCH3 is 1. The van der Waals surface area contributed by atoms with Crippen molar-refractivity contribution >= 4 is 23.5 Å². The van der Waals surface area contributed by atoms with Crippen LogP contribution in [0.1, 0.15) is 32.3 Å². The van der Waals surface area contributed by atoms with Gasteiger partial charge in [0, 0.05) is 10.6 Å². The van der Waals surface area contributed by atoms with Crippen LogP contribution in [0.2, 0.25) is 5.02 Å². The van der Waals surface area contributed by atoms with Gasteiger partial charge in [-0.2, -0.15) is 0 Å². The van der Waals surface area contributed by atoms with Crippen molar-refractivity contribution in [1.29, 1.82) is 0 Å². The predicted octanol–water partition coefficient (Wildman–Crippen LogP) is 2.65. The van der Waals surface area contributed by atoms with Crippen LogP contribution in [-0.2, 0) is 16.0 Å². The number of aliphatic carboxylic acids is 1. The third-order valence-electron chi connectivity index (χ3n) is 3.60. The van der Waals surface area contributed by atoms with Crippen LogP contribution in [0.3, 0.4) is 0 Å². The number of ether oxygens (including phenoxy) is 1. The zero-order valence-corrected chi connectivity index (χ0v) is 13.2. The molecule has 0 bridgehead atoms. The van der Waals surface area contributed by atoms with Gasteiger partial charge in [0.15, 0.2) is 0 Å². The number of halogens is 1. The lowest BCUT2D eigenvalue weighted by atomic mass is 9.92. The molecule has 0 atom stereocenters. The maximum Gasteiger partial charge on any atom is 0.329 e. The van der Waals surface area contributed by atoms with Crippen molar-refractivity contribution in [3.8, 4) is 5.75 Å².